The van der Waals surface area contributed by atoms with Crippen LogP contribution >= 0.6 is 11.3 Å². The molecule has 1 aliphatic rings. The lowest BCUT2D eigenvalue weighted by Crippen LogP contribution is -2.41. The number of rotatable bonds is 2. The van der Waals surface area contributed by atoms with Gasteiger partial charge in [0, 0.05) is 16.8 Å². The van der Waals surface area contributed by atoms with Crippen molar-refractivity contribution in [3.8, 4) is 0 Å². The quantitative estimate of drug-likeness (QED) is 0.817. The van der Waals surface area contributed by atoms with E-state index >= 15 is 0 Å². The molecule has 0 aromatic carbocycles. The van der Waals surface area contributed by atoms with Crippen LogP contribution in [-0.4, -0.2) is 10.5 Å². The standard InChI is InChI=1S/C14H24N2S/c1-10-5-4-7-14(15,8-6-10)9-13-16-11(2)12(3)17-13/h10H,4-9,15H2,1-3H3. The van der Waals surface area contributed by atoms with E-state index in [-0.39, 0.29) is 5.54 Å². The molecule has 1 fully saturated rings. The van der Waals surface area contributed by atoms with Crippen LogP contribution in [-0.2, 0) is 6.42 Å². The molecule has 1 aromatic heterocycles. The number of aromatic nitrogens is 1. The molecule has 2 atom stereocenters. The van der Waals surface area contributed by atoms with Crippen molar-refractivity contribution in [3.05, 3.63) is 15.6 Å². The van der Waals surface area contributed by atoms with Gasteiger partial charge in [0.15, 0.2) is 0 Å². The highest BCUT2D eigenvalue weighted by Gasteiger charge is 2.29. The Balaban J connectivity index is 2.05. The van der Waals surface area contributed by atoms with Crippen LogP contribution in [0.25, 0.3) is 0 Å². The van der Waals surface area contributed by atoms with Crippen LogP contribution in [0.2, 0.25) is 0 Å². The number of aryl methyl sites for hydroxylation is 2. The Morgan fingerprint density at radius 1 is 1.35 bits per heavy atom. The van der Waals surface area contributed by atoms with Crippen molar-refractivity contribution in [1.82, 2.24) is 4.98 Å². The Hall–Kier alpha value is -0.410. The van der Waals surface area contributed by atoms with Crippen molar-refractivity contribution in [3.63, 3.8) is 0 Å². The molecule has 0 saturated heterocycles. The zero-order valence-corrected chi connectivity index (χ0v) is 12.1. The molecule has 1 aromatic rings. The summed E-state index contributed by atoms with van der Waals surface area (Å²) in [6.45, 7) is 6.59. The summed E-state index contributed by atoms with van der Waals surface area (Å²) < 4.78 is 0. The third-order valence-corrected chi connectivity index (χ3v) is 5.16. The molecular weight excluding hydrogens is 228 g/mol. The van der Waals surface area contributed by atoms with E-state index in [2.05, 4.69) is 25.8 Å². The predicted molar refractivity (Wildman–Crippen MR) is 74.5 cm³/mol. The molecule has 0 radical (unpaired) electrons. The first-order valence-electron chi connectivity index (χ1n) is 6.70. The SMILES string of the molecule is Cc1nc(CC2(N)CCCC(C)CC2)sc1C. The number of hydrogen-bond donors (Lipinski definition) is 1. The molecule has 2 N–H and O–H groups in total. The summed E-state index contributed by atoms with van der Waals surface area (Å²) in [6, 6.07) is 0. The van der Waals surface area contributed by atoms with E-state index in [9.17, 15) is 0 Å². The average molecular weight is 252 g/mol. The van der Waals surface area contributed by atoms with Crippen molar-refractivity contribution < 1.29 is 0 Å². The van der Waals surface area contributed by atoms with Crippen LogP contribution < -0.4 is 5.73 Å². The Morgan fingerprint density at radius 3 is 2.76 bits per heavy atom. The lowest BCUT2D eigenvalue weighted by molar-refractivity contribution is 0.362. The van der Waals surface area contributed by atoms with Crippen molar-refractivity contribution in [2.75, 3.05) is 0 Å². The maximum absolute atomic E-state index is 6.58. The molecule has 17 heavy (non-hydrogen) atoms. The smallest absolute Gasteiger partial charge is 0.0949 e. The summed E-state index contributed by atoms with van der Waals surface area (Å²) in [5.74, 6) is 0.847. The van der Waals surface area contributed by atoms with Crippen LogP contribution in [0.5, 0.6) is 0 Å². The zero-order chi connectivity index (χ0) is 12.5. The Morgan fingerprint density at radius 2 is 2.12 bits per heavy atom. The summed E-state index contributed by atoms with van der Waals surface area (Å²) in [6.07, 6.45) is 7.19. The minimum absolute atomic E-state index is 0.00148. The molecule has 3 heteroatoms. The van der Waals surface area contributed by atoms with E-state index in [1.807, 2.05) is 11.3 Å². The molecule has 1 saturated carbocycles. The van der Waals surface area contributed by atoms with Gasteiger partial charge in [0.1, 0.15) is 0 Å². The van der Waals surface area contributed by atoms with Gasteiger partial charge in [-0.15, -0.1) is 11.3 Å². The third-order valence-electron chi connectivity index (χ3n) is 4.08. The zero-order valence-electron chi connectivity index (χ0n) is 11.3. The van der Waals surface area contributed by atoms with Crippen molar-refractivity contribution in [2.45, 2.75) is 64.8 Å². The van der Waals surface area contributed by atoms with Gasteiger partial charge in [-0.25, -0.2) is 4.98 Å². The molecule has 1 heterocycles. The van der Waals surface area contributed by atoms with E-state index in [0.29, 0.717) is 0 Å². The van der Waals surface area contributed by atoms with Gasteiger partial charge < -0.3 is 5.73 Å². The number of nitrogens with two attached hydrogens (primary N) is 1. The van der Waals surface area contributed by atoms with E-state index in [1.54, 1.807) is 0 Å². The number of nitrogens with zero attached hydrogens (tertiary/aromatic N) is 1. The van der Waals surface area contributed by atoms with Gasteiger partial charge in [-0.1, -0.05) is 19.8 Å². The molecular formula is C14H24N2S. The van der Waals surface area contributed by atoms with Gasteiger partial charge in [-0.05, 0) is 39.0 Å². The van der Waals surface area contributed by atoms with Gasteiger partial charge in [0.25, 0.3) is 0 Å². The highest BCUT2D eigenvalue weighted by molar-refractivity contribution is 7.11. The van der Waals surface area contributed by atoms with Gasteiger partial charge >= 0.3 is 0 Å². The molecule has 2 unspecified atom stereocenters. The van der Waals surface area contributed by atoms with Crippen molar-refractivity contribution in [1.29, 1.82) is 0 Å². The van der Waals surface area contributed by atoms with Gasteiger partial charge in [0.2, 0.25) is 0 Å². The highest BCUT2D eigenvalue weighted by atomic mass is 32.1. The average Bonchev–Trinajstić information content (AvgIpc) is 2.45. The van der Waals surface area contributed by atoms with Gasteiger partial charge in [-0.3, -0.25) is 0 Å². The minimum Gasteiger partial charge on any atom is -0.325 e. The highest BCUT2D eigenvalue weighted by Crippen LogP contribution is 2.32. The molecule has 96 valence electrons. The fraction of sp³-hybridized carbons (Fsp3) is 0.786. The minimum atomic E-state index is 0.00148. The fourth-order valence-corrected chi connectivity index (χ4v) is 3.79. The molecule has 0 bridgehead atoms. The van der Waals surface area contributed by atoms with E-state index < -0.39 is 0 Å². The Labute approximate surface area is 109 Å². The number of thiazole rings is 1. The fourth-order valence-electron chi connectivity index (χ4n) is 2.70. The molecule has 0 spiro atoms. The summed E-state index contributed by atoms with van der Waals surface area (Å²) in [4.78, 5) is 5.98. The van der Waals surface area contributed by atoms with Crippen LogP contribution in [0.1, 0.15) is 54.6 Å². The first-order valence-corrected chi connectivity index (χ1v) is 7.52. The summed E-state index contributed by atoms with van der Waals surface area (Å²) in [5, 5.41) is 1.23. The maximum atomic E-state index is 6.58. The second kappa shape index (κ2) is 5.07. The number of hydrogen-bond acceptors (Lipinski definition) is 3. The van der Waals surface area contributed by atoms with E-state index in [0.717, 1.165) is 25.2 Å². The monoisotopic (exact) mass is 252 g/mol. The van der Waals surface area contributed by atoms with Crippen LogP contribution in [0, 0.1) is 19.8 Å². The first kappa shape index (κ1) is 13.0. The van der Waals surface area contributed by atoms with Gasteiger partial charge in [0.05, 0.1) is 10.7 Å². The molecule has 1 aliphatic carbocycles. The third kappa shape index (κ3) is 3.29. The summed E-state index contributed by atoms with van der Waals surface area (Å²) in [5.41, 5.74) is 7.76. The molecule has 2 rings (SSSR count). The normalized spacial score (nSPS) is 30.2. The lowest BCUT2D eigenvalue weighted by Gasteiger charge is -2.27. The second-order valence-electron chi connectivity index (χ2n) is 5.82. The van der Waals surface area contributed by atoms with Gasteiger partial charge in [-0.2, -0.15) is 0 Å². The summed E-state index contributed by atoms with van der Waals surface area (Å²) in [7, 11) is 0. The predicted octanol–water partition coefficient (Wildman–Crippen LogP) is 3.60. The molecule has 0 amide bonds. The van der Waals surface area contributed by atoms with E-state index in [1.165, 1.54) is 34.8 Å². The van der Waals surface area contributed by atoms with Crippen molar-refractivity contribution in [2.24, 2.45) is 11.7 Å². The molecule has 0 aliphatic heterocycles. The first-order chi connectivity index (χ1) is 7.98. The van der Waals surface area contributed by atoms with Crippen molar-refractivity contribution >= 4 is 11.3 Å². The maximum Gasteiger partial charge on any atom is 0.0949 e. The lowest BCUT2D eigenvalue weighted by atomic mass is 9.88. The topological polar surface area (TPSA) is 38.9 Å². The van der Waals surface area contributed by atoms with E-state index in [4.69, 9.17) is 5.73 Å². The van der Waals surface area contributed by atoms with Crippen LogP contribution in [0.4, 0.5) is 0 Å². The second-order valence-corrected chi connectivity index (χ2v) is 7.11. The molecule has 2 nitrogen and oxygen atoms in total. The van der Waals surface area contributed by atoms with Crippen LogP contribution in [0.3, 0.4) is 0 Å². The largest absolute Gasteiger partial charge is 0.325 e. The van der Waals surface area contributed by atoms with Crippen LogP contribution in [0.15, 0.2) is 0 Å². The Kier molecular flexibility index (Phi) is 3.88. The Bertz CT molecular complexity index is 366. The summed E-state index contributed by atoms with van der Waals surface area (Å²) >= 11 is 1.82.